The molecule has 1 aromatic heterocycles. The van der Waals surface area contributed by atoms with Crippen LogP contribution in [0.1, 0.15) is 15.2 Å². The molecular formula is C19H13NO3S3. The number of carbonyl (C=O) groups excluding carboxylic acids is 3. The van der Waals surface area contributed by atoms with E-state index in [1.807, 2.05) is 28.3 Å². The molecule has 0 fully saturated rings. The third kappa shape index (κ3) is 3.18. The Hall–Kier alpha value is -2.09. The molecule has 0 radical (unpaired) electrons. The lowest BCUT2D eigenvalue weighted by Crippen LogP contribution is -2.36. The van der Waals surface area contributed by atoms with E-state index < -0.39 is 0 Å². The number of thiophene rings is 1. The predicted octanol–water partition coefficient (Wildman–Crippen LogP) is 4.25. The van der Waals surface area contributed by atoms with Crippen molar-refractivity contribution in [1.82, 2.24) is 0 Å². The fourth-order valence-corrected chi connectivity index (χ4v) is 5.47. The Labute approximate surface area is 163 Å². The number of Topliss-reactive ketones (excluding diaryl/α,β-unsaturated/α-hetero) is 2. The van der Waals surface area contributed by atoms with E-state index in [9.17, 15) is 14.4 Å². The molecule has 7 heteroatoms. The number of hydrogen-bond acceptors (Lipinski definition) is 6. The molecule has 0 unspecified atom stereocenters. The summed E-state index contributed by atoms with van der Waals surface area (Å²) in [6.45, 7) is -0.118. The van der Waals surface area contributed by atoms with Crippen molar-refractivity contribution in [2.75, 3.05) is 11.4 Å². The topological polar surface area (TPSA) is 54.5 Å². The molecule has 1 amide bonds. The maximum absolute atomic E-state index is 13.1. The van der Waals surface area contributed by atoms with Crippen molar-refractivity contribution >= 4 is 58.0 Å². The second-order valence-electron chi connectivity index (χ2n) is 5.68. The van der Waals surface area contributed by atoms with E-state index in [4.69, 9.17) is 0 Å². The van der Waals surface area contributed by atoms with Gasteiger partial charge in [-0.1, -0.05) is 41.7 Å². The fourth-order valence-electron chi connectivity index (χ4n) is 2.88. The van der Waals surface area contributed by atoms with E-state index in [2.05, 4.69) is 0 Å². The average Bonchev–Trinajstić information content (AvgIpc) is 3.32. The number of thioether (sulfide) groups is 2. The minimum absolute atomic E-state index is 0.118. The summed E-state index contributed by atoms with van der Waals surface area (Å²) in [5.41, 5.74) is 1.08. The lowest BCUT2D eigenvalue weighted by atomic mass is 10.0. The SMILES string of the molecule is O=C1CN(C(=O)Cc2cccs2)c2ccccc2C(=O)C1=C1SC=CS1. The first-order valence-electron chi connectivity index (χ1n) is 7.87. The Kier molecular flexibility index (Phi) is 4.84. The minimum atomic E-state index is -0.315. The highest BCUT2D eigenvalue weighted by Gasteiger charge is 2.35. The smallest absolute Gasteiger partial charge is 0.232 e. The first-order chi connectivity index (χ1) is 12.6. The molecule has 0 N–H and O–H groups in total. The van der Waals surface area contributed by atoms with Gasteiger partial charge in [0.15, 0.2) is 11.6 Å². The van der Waals surface area contributed by atoms with Gasteiger partial charge >= 0.3 is 0 Å². The number of benzene rings is 1. The van der Waals surface area contributed by atoms with Crippen LogP contribution < -0.4 is 4.90 Å². The molecule has 130 valence electrons. The summed E-state index contributed by atoms with van der Waals surface area (Å²) >= 11 is 4.25. The van der Waals surface area contributed by atoms with E-state index in [0.29, 0.717) is 15.5 Å². The Morgan fingerprint density at radius 1 is 1.04 bits per heavy atom. The number of ketones is 2. The number of anilines is 1. The van der Waals surface area contributed by atoms with Crippen LogP contribution in [0.5, 0.6) is 0 Å². The monoisotopic (exact) mass is 399 g/mol. The van der Waals surface area contributed by atoms with E-state index in [1.165, 1.54) is 39.8 Å². The molecule has 0 bridgehead atoms. The summed E-state index contributed by atoms with van der Waals surface area (Å²) in [6, 6.07) is 10.7. The van der Waals surface area contributed by atoms with Crippen molar-refractivity contribution in [3.63, 3.8) is 0 Å². The molecule has 0 spiro atoms. The van der Waals surface area contributed by atoms with Gasteiger partial charge in [-0.05, 0) is 34.4 Å². The van der Waals surface area contributed by atoms with E-state index in [0.717, 1.165) is 4.88 Å². The van der Waals surface area contributed by atoms with Gasteiger partial charge in [0.1, 0.15) is 0 Å². The average molecular weight is 400 g/mol. The molecule has 2 aromatic rings. The van der Waals surface area contributed by atoms with Gasteiger partial charge in [0.05, 0.1) is 28.5 Å². The number of hydrogen-bond donors (Lipinski definition) is 0. The van der Waals surface area contributed by atoms with Crippen LogP contribution in [0.3, 0.4) is 0 Å². The molecule has 0 saturated carbocycles. The van der Waals surface area contributed by atoms with Gasteiger partial charge in [-0.15, -0.1) is 11.3 Å². The zero-order valence-electron chi connectivity index (χ0n) is 13.5. The number of fused-ring (bicyclic) bond motifs is 1. The van der Waals surface area contributed by atoms with Gasteiger partial charge in [-0.25, -0.2) is 0 Å². The second-order valence-corrected chi connectivity index (χ2v) is 8.80. The van der Waals surface area contributed by atoms with E-state index in [1.54, 1.807) is 24.3 Å². The molecule has 2 aliphatic heterocycles. The summed E-state index contributed by atoms with van der Waals surface area (Å²) in [5, 5.41) is 5.62. The van der Waals surface area contributed by atoms with Gasteiger partial charge in [-0.3, -0.25) is 14.4 Å². The predicted molar refractivity (Wildman–Crippen MR) is 108 cm³/mol. The van der Waals surface area contributed by atoms with Crippen molar-refractivity contribution in [2.45, 2.75) is 6.42 Å². The lowest BCUT2D eigenvalue weighted by molar-refractivity contribution is -0.120. The Morgan fingerprint density at radius 3 is 2.54 bits per heavy atom. The third-order valence-corrected chi connectivity index (χ3v) is 7.07. The van der Waals surface area contributed by atoms with Gasteiger partial charge in [0, 0.05) is 10.4 Å². The minimum Gasteiger partial charge on any atom is -0.304 e. The molecule has 0 saturated heterocycles. The summed E-state index contributed by atoms with van der Waals surface area (Å²) in [5.74, 6) is -0.808. The van der Waals surface area contributed by atoms with Crippen molar-refractivity contribution in [3.8, 4) is 0 Å². The Morgan fingerprint density at radius 2 is 1.81 bits per heavy atom. The van der Waals surface area contributed by atoms with Gasteiger partial charge in [0.25, 0.3) is 0 Å². The number of amides is 1. The van der Waals surface area contributed by atoms with Gasteiger partial charge in [-0.2, -0.15) is 0 Å². The number of para-hydroxylation sites is 1. The van der Waals surface area contributed by atoms with Crippen LogP contribution >= 0.6 is 34.9 Å². The van der Waals surface area contributed by atoms with Gasteiger partial charge in [0.2, 0.25) is 5.91 Å². The normalized spacial score (nSPS) is 16.8. The highest BCUT2D eigenvalue weighted by atomic mass is 32.2. The number of carbonyl (C=O) groups is 3. The molecule has 26 heavy (non-hydrogen) atoms. The summed E-state index contributed by atoms with van der Waals surface area (Å²) in [7, 11) is 0. The maximum atomic E-state index is 13.1. The van der Waals surface area contributed by atoms with Crippen LogP contribution in [0.15, 0.2) is 62.4 Å². The molecule has 4 rings (SSSR count). The third-order valence-electron chi connectivity index (χ3n) is 4.06. The highest BCUT2D eigenvalue weighted by molar-refractivity contribution is 8.27. The quantitative estimate of drug-likeness (QED) is 0.558. The molecule has 2 aliphatic rings. The van der Waals surface area contributed by atoms with Crippen LogP contribution in [0, 0.1) is 0 Å². The highest BCUT2D eigenvalue weighted by Crippen LogP contribution is 2.42. The number of rotatable bonds is 2. The zero-order valence-corrected chi connectivity index (χ0v) is 16.0. The molecule has 1 aromatic carbocycles. The van der Waals surface area contributed by atoms with E-state index >= 15 is 0 Å². The summed E-state index contributed by atoms with van der Waals surface area (Å²) < 4.78 is 0.683. The van der Waals surface area contributed by atoms with Crippen LogP contribution in [0.25, 0.3) is 0 Å². The zero-order chi connectivity index (χ0) is 18.1. The van der Waals surface area contributed by atoms with Crippen molar-refractivity contribution in [3.05, 3.63) is 72.8 Å². The molecule has 4 nitrogen and oxygen atoms in total. The Balaban J connectivity index is 1.76. The van der Waals surface area contributed by atoms with Crippen LogP contribution in [-0.2, 0) is 16.0 Å². The summed E-state index contributed by atoms with van der Waals surface area (Å²) in [4.78, 5) is 41.2. The molecular weight excluding hydrogens is 386 g/mol. The second kappa shape index (κ2) is 7.26. The standard InChI is InChI=1S/C19H13NO3S3/c21-15-11-20(16(22)10-12-4-3-7-24-12)14-6-2-1-5-13(14)18(23)17(15)19-25-8-9-26-19/h1-9H,10-11H2. The molecule has 0 aliphatic carbocycles. The molecule has 3 heterocycles. The van der Waals surface area contributed by atoms with Crippen molar-refractivity contribution in [1.29, 1.82) is 0 Å². The first-order valence-corrected chi connectivity index (χ1v) is 10.5. The summed E-state index contributed by atoms with van der Waals surface area (Å²) in [6.07, 6.45) is 0.213. The lowest BCUT2D eigenvalue weighted by Gasteiger charge is -2.21. The van der Waals surface area contributed by atoms with Gasteiger partial charge < -0.3 is 4.90 Å². The van der Waals surface area contributed by atoms with Crippen molar-refractivity contribution < 1.29 is 14.4 Å². The van der Waals surface area contributed by atoms with Crippen LogP contribution in [0.4, 0.5) is 5.69 Å². The maximum Gasteiger partial charge on any atom is 0.232 e. The largest absolute Gasteiger partial charge is 0.304 e. The van der Waals surface area contributed by atoms with E-state index in [-0.39, 0.29) is 36.0 Å². The van der Waals surface area contributed by atoms with Crippen LogP contribution in [-0.4, -0.2) is 24.0 Å². The Bertz CT molecular complexity index is 950. The first kappa shape index (κ1) is 17.3. The van der Waals surface area contributed by atoms with Crippen molar-refractivity contribution in [2.24, 2.45) is 0 Å². The number of nitrogens with zero attached hydrogens (tertiary/aromatic N) is 1. The molecule has 0 atom stereocenters. The van der Waals surface area contributed by atoms with Crippen LogP contribution in [0.2, 0.25) is 0 Å². The fraction of sp³-hybridized carbons (Fsp3) is 0.105.